The van der Waals surface area contributed by atoms with Crippen molar-refractivity contribution < 1.29 is 5.11 Å². The first kappa shape index (κ1) is 12.3. The van der Waals surface area contributed by atoms with Gasteiger partial charge >= 0.3 is 0 Å². The molecule has 0 saturated carbocycles. The number of aromatic nitrogens is 3. The fraction of sp³-hybridized carbons (Fsp3) is 0. The summed E-state index contributed by atoms with van der Waals surface area (Å²) in [4.78, 5) is 1.49. The standard InChI is InChI=1S/C16H10BrN3O/c17-11-6-7-13-14(9-11)19-20(18-13)16-12-4-2-1-3-10(12)5-8-15(16)21/h1-9,21H. The van der Waals surface area contributed by atoms with Crippen LogP contribution < -0.4 is 0 Å². The zero-order valence-electron chi connectivity index (χ0n) is 10.9. The summed E-state index contributed by atoms with van der Waals surface area (Å²) in [7, 11) is 0. The summed E-state index contributed by atoms with van der Waals surface area (Å²) in [6.45, 7) is 0. The van der Waals surface area contributed by atoms with E-state index in [4.69, 9.17) is 0 Å². The van der Waals surface area contributed by atoms with Gasteiger partial charge in [0.15, 0.2) is 0 Å². The molecular formula is C16H10BrN3O. The average molecular weight is 340 g/mol. The Hall–Kier alpha value is -2.40. The van der Waals surface area contributed by atoms with Crippen LogP contribution in [0.5, 0.6) is 5.75 Å². The number of halogens is 1. The molecule has 1 aromatic heterocycles. The smallest absolute Gasteiger partial charge is 0.143 e. The lowest BCUT2D eigenvalue weighted by molar-refractivity contribution is 0.469. The Kier molecular flexibility index (Phi) is 2.68. The molecule has 0 saturated heterocycles. The summed E-state index contributed by atoms with van der Waals surface area (Å²) in [6.07, 6.45) is 0. The highest BCUT2D eigenvalue weighted by Crippen LogP contribution is 2.30. The van der Waals surface area contributed by atoms with Crippen molar-refractivity contribution in [2.24, 2.45) is 0 Å². The molecule has 4 nitrogen and oxygen atoms in total. The molecule has 0 aliphatic carbocycles. The highest BCUT2D eigenvalue weighted by Gasteiger charge is 2.12. The lowest BCUT2D eigenvalue weighted by atomic mass is 10.1. The number of aromatic hydroxyl groups is 1. The topological polar surface area (TPSA) is 50.9 Å². The monoisotopic (exact) mass is 339 g/mol. The second-order valence-corrected chi connectivity index (χ2v) is 5.69. The van der Waals surface area contributed by atoms with Crippen LogP contribution in [0.15, 0.2) is 59.1 Å². The molecule has 0 atom stereocenters. The van der Waals surface area contributed by atoms with Gasteiger partial charge in [0.25, 0.3) is 0 Å². The fourth-order valence-corrected chi connectivity index (χ4v) is 2.79. The molecule has 21 heavy (non-hydrogen) atoms. The number of hydrogen-bond donors (Lipinski definition) is 1. The van der Waals surface area contributed by atoms with Crippen LogP contribution in [0.4, 0.5) is 0 Å². The third-order valence-electron chi connectivity index (χ3n) is 3.42. The first-order chi connectivity index (χ1) is 10.2. The number of fused-ring (bicyclic) bond motifs is 2. The van der Waals surface area contributed by atoms with E-state index in [2.05, 4.69) is 26.1 Å². The van der Waals surface area contributed by atoms with Crippen LogP contribution in [0, 0.1) is 0 Å². The van der Waals surface area contributed by atoms with E-state index in [0.29, 0.717) is 5.69 Å². The van der Waals surface area contributed by atoms with Crippen molar-refractivity contribution in [2.75, 3.05) is 0 Å². The van der Waals surface area contributed by atoms with Gasteiger partial charge in [-0.15, -0.1) is 15.0 Å². The van der Waals surface area contributed by atoms with Crippen LogP contribution in [0.3, 0.4) is 0 Å². The highest BCUT2D eigenvalue weighted by atomic mass is 79.9. The highest BCUT2D eigenvalue weighted by molar-refractivity contribution is 9.10. The lowest BCUT2D eigenvalue weighted by Crippen LogP contribution is -2.00. The molecule has 0 radical (unpaired) electrons. The lowest BCUT2D eigenvalue weighted by Gasteiger charge is -2.07. The molecule has 1 N–H and O–H groups in total. The molecule has 3 aromatic carbocycles. The Bertz CT molecular complexity index is 978. The average Bonchev–Trinajstić information content (AvgIpc) is 2.89. The Labute approximate surface area is 128 Å². The minimum Gasteiger partial charge on any atom is -0.506 e. The first-order valence-corrected chi connectivity index (χ1v) is 7.25. The normalized spacial score (nSPS) is 11.3. The van der Waals surface area contributed by atoms with E-state index < -0.39 is 0 Å². The molecule has 0 amide bonds. The van der Waals surface area contributed by atoms with Crippen LogP contribution in [-0.4, -0.2) is 20.1 Å². The summed E-state index contributed by atoms with van der Waals surface area (Å²) >= 11 is 3.43. The maximum absolute atomic E-state index is 10.2. The number of phenolic OH excluding ortho intramolecular Hbond substituents is 1. The third kappa shape index (κ3) is 1.97. The van der Waals surface area contributed by atoms with Gasteiger partial charge in [0, 0.05) is 9.86 Å². The van der Waals surface area contributed by atoms with Crippen molar-refractivity contribution in [1.29, 1.82) is 0 Å². The van der Waals surface area contributed by atoms with Gasteiger partial charge in [-0.1, -0.05) is 46.3 Å². The number of rotatable bonds is 1. The molecule has 0 fully saturated rings. The first-order valence-electron chi connectivity index (χ1n) is 6.46. The SMILES string of the molecule is Oc1ccc2ccccc2c1-n1nc2ccc(Br)cc2n1. The molecular weight excluding hydrogens is 330 g/mol. The van der Waals surface area contributed by atoms with Crippen molar-refractivity contribution in [1.82, 2.24) is 15.0 Å². The fourth-order valence-electron chi connectivity index (χ4n) is 2.44. The second-order valence-electron chi connectivity index (χ2n) is 4.78. The van der Waals surface area contributed by atoms with E-state index in [1.807, 2.05) is 48.5 Å². The van der Waals surface area contributed by atoms with Gasteiger partial charge in [-0.3, -0.25) is 0 Å². The third-order valence-corrected chi connectivity index (χ3v) is 3.91. The van der Waals surface area contributed by atoms with E-state index in [0.717, 1.165) is 26.3 Å². The summed E-state index contributed by atoms with van der Waals surface area (Å²) in [5.74, 6) is 0.160. The molecule has 1 heterocycles. The van der Waals surface area contributed by atoms with E-state index in [-0.39, 0.29) is 5.75 Å². The van der Waals surface area contributed by atoms with Gasteiger partial charge < -0.3 is 5.11 Å². The molecule has 0 bridgehead atoms. The summed E-state index contributed by atoms with van der Waals surface area (Å²) in [5, 5.41) is 21.1. The summed E-state index contributed by atoms with van der Waals surface area (Å²) in [5.41, 5.74) is 2.16. The van der Waals surface area contributed by atoms with Crippen molar-refractivity contribution in [3.05, 3.63) is 59.1 Å². The maximum atomic E-state index is 10.2. The Balaban J connectivity index is 2.05. The zero-order chi connectivity index (χ0) is 14.4. The number of phenols is 1. The molecule has 0 unspecified atom stereocenters. The Morgan fingerprint density at radius 3 is 2.62 bits per heavy atom. The minimum absolute atomic E-state index is 0.160. The number of nitrogens with zero attached hydrogens (tertiary/aromatic N) is 3. The van der Waals surface area contributed by atoms with E-state index in [9.17, 15) is 5.11 Å². The molecule has 4 aromatic rings. The Morgan fingerprint density at radius 2 is 1.71 bits per heavy atom. The zero-order valence-corrected chi connectivity index (χ0v) is 12.4. The Morgan fingerprint density at radius 1 is 0.905 bits per heavy atom. The van der Waals surface area contributed by atoms with Gasteiger partial charge in [0.1, 0.15) is 22.5 Å². The van der Waals surface area contributed by atoms with Crippen molar-refractivity contribution in [2.45, 2.75) is 0 Å². The second kappa shape index (κ2) is 4.56. The van der Waals surface area contributed by atoms with Gasteiger partial charge in [-0.05, 0) is 29.7 Å². The van der Waals surface area contributed by atoms with Crippen molar-refractivity contribution in [3.63, 3.8) is 0 Å². The molecule has 4 rings (SSSR count). The minimum atomic E-state index is 0.160. The van der Waals surface area contributed by atoms with Crippen LogP contribution in [-0.2, 0) is 0 Å². The van der Waals surface area contributed by atoms with Gasteiger partial charge in [-0.25, -0.2) is 0 Å². The summed E-state index contributed by atoms with van der Waals surface area (Å²) in [6, 6.07) is 17.1. The quantitative estimate of drug-likeness (QED) is 0.569. The largest absolute Gasteiger partial charge is 0.506 e. The van der Waals surface area contributed by atoms with E-state index >= 15 is 0 Å². The predicted octanol–water partition coefficient (Wildman–Crippen LogP) is 4.04. The van der Waals surface area contributed by atoms with Crippen LogP contribution in [0.25, 0.3) is 27.5 Å². The molecule has 0 aliphatic rings. The van der Waals surface area contributed by atoms with Crippen LogP contribution in [0.1, 0.15) is 0 Å². The number of benzene rings is 3. The van der Waals surface area contributed by atoms with Crippen LogP contribution in [0.2, 0.25) is 0 Å². The van der Waals surface area contributed by atoms with Crippen molar-refractivity contribution >= 4 is 37.7 Å². The van der Waals surface area contributed by atoms with Crippen molar-refractivity contribution in [3.8, 4) is 11.4 Å². The number of hydrogen-bond acceptors (Lipinski definition) is 3. The van der Waals surface area contributed by atoms with E-state index in [1.165, 1.54) is 4.80 Å². The molecule has 5 heteroatoms. The molecule has 0 spiro atoms. The molecule has 0 aliphatic heterocycles. The van der Waals surface area contributed by atoms with Crippen LogP contribution >= 0.6 is 15.9 Å². The van der Waals surface area contributed by atoms with Gasteiger partial charge in [0.2, 0.25) is 0 Å². The summed E-state index contributed by atoms with van der Waals surface area (Å²) < 4.78 is 0.948. The molecule has 102 valence electrons. The van der Waals surface area contributed by atoms with Gasteiger partial charge in [0.05, 0.1) is 0 Å². The van der Waals surface area contributed by atoms with E-state index in [1.54, 1.807) is 6.07 Å². The maximum Gasteiger partial charge on any atom is 0.143 e. The predicted molar refractivity (Wildman–Crippen MR) is 85.7 cm³/mol. The van der Waals surface area contributed by atoms with Gasteiger partial charge in [-0.2, -0.15) is 0 Å².